The second-order valence-electron chi connectivity index (χ2n) is 6.79. The molecule has 1 aromatic carbocycles. The molecule has 0 heterocycles. The van der Waals surface area contributed by atoms with Gasteiger partial charge in [0.2, 0.25) is 5.91 Å². The highest BCUT2D eigenvalue weighted by molar-refractivity contribution is 5.76. The third-order valence-corrected chi connectivity index (χ3v) is 4.37. The Morgan fingerprint density at radius 3 is 2.33 bits per heavy atom. The number of rotatable bonds is 7. The van der Waals surface area contributed by atoms with Gasteiger partial charge in [-0.15, -0.1) is 0 Å². The van der Waals surface area contributed by atoms with E-state index in [2.05, 4.69) is 52.0 Å². The summed E-state index contributed by atoms with van der Waals surface area (Å²) in [4.78, 5) is 14.2. The van der Waals surface area contributed by atoms with Crippen molar-refractivity contribution >= 4 is 5.91 Å². The molecule has 2 N–H and O–H groups in total. The lowest BCUT2D eigenvalue weighted by Crippen LogP contribution is -2.30. The third kappa shape index (κ3) is 5.50. The average molecular weight is 290 g/mol. The van der Waals surface area contributed by atoms with Gasteiger partial charge < -0.3 is 10.6 Å². The number of carbonyl (C=O) groups excluding carboxylic acids is 1. The van der Waals surface area contributed by atoms with Gasteiger partial charge in [-0.05, 0) is 44.2 Å². The second-order valence-corrected chi connectivity index (χ2v) is 6.79. The Kier molecular flexibility index (Phi) is 6.41. The first-order chi connectivity index (χ1) is 9.76. The van der Waals surface area contributed by atoms with Gasteiger partial charge >= 0.3 is 0 Å². The highest BCUT2D eigenvalue weighted by atomic mass is 16.2. The molecule has 0 saturated heterocycles. The fraction of sp³-hybridized carbons (Fsp3) is 0.611. The maximum atomic E-state index is 12.4. The number of nitrogens with zero attached hydrogens (tertiary/aromatic N) is 1. The zero-order valence-electron chi connectivity index (χ0n) is 14.1. The van der Waals surface area contributed by atoms with Gasteiger partial charge in [-0.2, -0.15) is 0 Å². The summed E-state index contributed by atoms with van der Waals surface area (Å²) in [6.07, 6.45) is 2.42. The van der Waals surface area contributed by atoms with Gasteiger partial charge in [0.1, 0.15) is 0 Å². The zero-order chi connectivity index (χ0) is 16.0. The molecule has 1 amide bonds. The quantitative estimate of drug-likeness (QED) is 0.833. The summed E-state index contributed by atoms with van der Waals surface area (Å²) in [7, 11) is 1.89. The standard InChI is InChI=1S/C18H30N2O/c1-14-6-8-16(9-7-14)15(2)20(5)17(21)10-11-18(3,4)12-13-19/h6-9,15H,10-13,19H2,1-5H3. The number of benzene rings is 1. The van der Waals surface area contributed by atoms with Crippen LogP contribution in [0.25, 0.3) is 0 Å². The van der Waals surface area contributed by atoms with Gasteiger partial charge in [0.15, 0.2) is 0 Å². The number of hydrogen-bond acceptors (Lipinski definition) is 2. The first-order valence-electron chi connectivity index (χ1n) is 7.79. The Morgan fingerprint density at radius 2 is 1.81 bits per heavy atom. The van der Waals surface area contributed by atoms with Crippen molar-refractivity contribution in [3.8, 4) is 0 Å². The number of hydrogen-bond donors (Lipinski definition) is 1. The molecule has 21 heavy (non-hydrogen) atoms. The Bertz CT molecular complexity index is 451. The molecule has 118 valence electrons. The monoisotopic (exact) mass is 290 g/mol. The van der Waals surface area contributed by atoms with E-state index in [1.165, 1.54) is 11.1 Å². The van der Waals surface area contributed by atoms with Crippen LogP contribution in [-0.2, 0) is 4.79 Å². The molecule has 0 fully saturated rings. The summed E-state index contributed by atoms with van der Waals surface area (Å²) in [5.41, 5.74) is 8.18. The van der Waals surface area contributed by atoms with Crippen molar-refractivity contribution in [2.45, 2.75) is 53.0 Å². The minimum Gasteiger partial charge on any atom is -0.339 e. The minimum atomic E-state index is 0.107. The fourth-order valence-electron chi connectivity index (χ4n) is 2.42. The van der Waals surface area contributed by atoms with E-state index in [0.717, 1.165) is 12.8 Å². The number of aryl methyl sites for hydroxylation is 1. The average Bonchev–Trinajstić information content (AvgIpc) is 2.44. The first kappa shape index (κ1) is 17.7. The summed E-state index contributed by atoms with van der Waals surface area (Å²) in [5.74, 6) is 0.202. The van der Waals surface area contributed by atoms with Crippen molar-refractivity contribution in [3.63, 3.8) is 0 Å². The van der Waals surface area contributed by atoms with Crippen LogP contribution in [0.4, 0.5) is 0 Å². The third-order valence-electron chi connectivity index (χ3n) is 4.37. The molecule has 0 bridgehead atoms. The van der Waals surface area contributed by atoms with Crippen molar-refractivity contribution in [1.82, 2.24) is 4.90 Å². The molecule has 1 aromatic rings. The van der Waals surface area contributed by atoms with E-state index in [4.69, 9.17) is 5.73 Å². The van der Waals surface area contributed by atoms with Crippen LogP contribution in [0.3, 0.4) is 0 Å². The van der Waals surface area contributed by atoms with E-state index in [1.54, 1.807) is 0 Å². The van der Waals surface area contributed by atoms with Crippen LogP contribution in [0.2, 0.25) is 0 Å². The lowest BCUT2D eigenvalue weighted by atomic mass is 9.84. The molecule has 0 saturated carbocycles. The van der Waals surface area contributed by atoms with Crippen LogP contribution in [0.15, 0.2) is 24.3 Å². The molecule has 0 aliphatic carbocycles. The summed E-state index contributed by atoms with van der Waals surface area (Å²) >= 11 is 0. The molecule has 3 heteroatoms. The van der Waals surface area contributed by atoms with E-state index in [-0.39, 0.29) is 17.4 Å². The summed E-state index contributed by atoms with van der Waals surface area (Å²) in [5, 5.41) is 0. The molecule has 1 atom stereocenters. The predicted octanol–water partition coefficient (Wildman–Crippen LogP) is 3.67. The van der Waals surface area contributed by atoms with Gasteiger partial charge in [-0.25, -0.2) is 0 Å². The zero-order valence-corrected chi connectivity index (χ0v) is 14.1. The topological polar surface area (TPSA) is 46.3 Å². The Labute approximate surface area is 129 Å². The molecule has 3 nitrogen and oxygen atoms in total. The number of carbonyl (C=O) groups is 1. The Balaban J connectivity index is 2.59. The molecule has 0 radical (unpaired) electrons. The van der Waals surface area contributed by atoms with E-state index >= 15 is 0 Å². The van der Waals surface area contributed by atoms with Gasteiger partial charge in [-0.3, -0.25) is 4.79 Å². The maximum Gasteiger partial charge on any atom is 0.222 e. The van der Waals surface area contributed by atoms with Crippen LogP contribution in [0.1, 0.15) is 57.2 Å². The lowest BCUT2D eigenvalue weighted by Gasteiger charge is -2.28. The van der Waals surface area contributed by atoms with Crippen molar-refractivity contribution in [2.75, 3.05) is 13.6 Å². The lowest BCUT2D eigenvalue weighted by molar-refractivity contribution is -0.132. The second kappa shape index (κ2) is 7.60. The van der Waals surface area contributed by atoms with Crippen molar-refractivity contribution in [3.05, 3.63) is 35.4 Å². The molecule has 1 unspecified atom stereocenters. The van der Waals surface area contributed by atoms with E-state index in [9.17, 15) is 4.79 Å². The van der Waals surface area contributed by atoms with Crippen LogP contribution in [0.5, 0.6) is 0 Å². The molecule has 1 rings (SSSR count). The summed E-state index contributed by atoms with van der Waals surface area (Å²) in [6.45, 7) is 9.18. The Morgan fingerprint density at radius 1 is 1.24 bits per heavy atom. The van der Waals surface area contributed by atoms with Crippen LogP contribution in [0, 0.1) is 12.3 Å². The van der Waals surface area contributed by atoms with E-state index in [1.807, 2.05) is 11.9 Å². The highest BCUT2D eigenvalue weighted by Crippen LogP contribution is 2.27. The highest BCUT2D eigenvalue weighted by Gasteiger charge is 2.22. The summed E-state index contributed by atoms with van der Waals surface area (Å²) in [6, 6.07) is 8.49. The molecule has 0 aromatic heterocycles. The van der Waals surface area contributed by atoms with Crippen LogP contribution < -0.4 is 5.73 Å². The first-order valence-corrected chi connectivity index (χ1v) is 7.79. The predicted molar refractivity (Wildman–Crippen MR) is 89.1 cm³/mol. The SMILES string of the molecule is Cc1ccc(C(C)N(C)C(=O)CCC(C)(C)CCN)cc1. The van der Waals surface area contributed by atoms with Crippen LogP contribution >= 0.6 is 0 Å². The van der Waals surface area contributed by atoms with Crippen LogP contribution in [-0.4, -0.2) is 24.4 Å². The van der Waals surface area contributed by atoms with E-state index < -0.39 is 0 Å². The fourth-order valence-corrected chi connectivity index (χ4v) is 2.42. The summed E-state index contributed by atoms with van der Waals surface area (Å²) < 4.78 is 0. The maximum absolute atomic E-state index is 12.4. The van der Waals surface area contributed by atoms with Gasteiger partial charge in [-0.1, -0.05) is 43.7 Å². The molecular formula is C18H30N2O. The molecule has 0 aliphatic heterocycles. The normalized spacial score (nSPS) is 13.0. The Hall–Kier alpha value is -1.35. The van der Waals surface area contributed by atoms with Crippen molar-refractivity contribution in [1.29, 1.82) is 0 Å². The molecule has 0 aliphatic rings. The number of nitrogens with two attached hydrogens (primary N) is 1. The van der Waals surface area contributed by atoms with Gasteiger partial charge in [0, 0.05) is 13.5 Å². The van der Waals surface area contributed by atoms with Gasteiger partial charge in [0.05, 0.1) is 6.04 Å². The molecular weight excluding hydrogens is 260 g/mol. The smallest absolute Gasteiger partial charge is 0.222 e. The largest absolute Gasteiger partial charge is 0.339 e. The van der Waals surface area contributed by atoms with Crippen molar-refractivity contribution < 1.29 is 4.79 Å². The minimum absolute atomic E-state index is 0.107. The number of amides is 1. The van der Waals surface area contributed by atoms with Gasteiger partial charge in [0.25, 0.3) is 0 Å². The van der Waals surface area contributed by atoms with Crippen molar-refractivity contribution in [2.24, 2.45) is 11.1 Å². The van der Waals surface area contributed by atoms with E-state index in [0.29, 0.717) is 13.0 Å². The molecule has 0 spiro atoms.